The number of likely N-dealkylation sites (N-methyl/N-ethyl adjacent to an activating group) is 1. The van der Waals surface area contributed by atoms with Gasteiger partial charge in [0.1, 0.15) is 5.82 Å². The van der Waals surface area contributed by atoms with Gasteiger partial charge in [-0.05, 0) is 17.7 Å². The average molecular weight is 361 g/mol. The first-order valence-corrected chi connectivity index (χ1v) is 8.07. The van der Waals surface area contributed by atoms with Gasteiger partial charge in [0.15, 0.2) is 11.2 Å². The van der Waals surface area contributed by atoms with Gasteiger partial charge in [0.25, 0.3) is 5.56 Å². The minimum atomic E-state index is -0.527. The summed E-state index contributed by atoms with van der Waals surface area (Å²) in [6, 6.07) is 5.78. The van der Waals surface area contributed by atoms with E-state index in [0.29, 0.717) is 18.1 Å². The van der Waals surface area contributed by atoms with E-state index in [0.717, 1.165) is 4.57 Å². The van der Waals surface area contributed by atoms with Crippen molar-refractivity contribution < 1.29 is 9.50 Å². The Balaban J connectivity index is 2.21. The van der Waals surface area contributed by atoms with E-state index in [-0.39, 0.29) is 24.3 Å². The van der Waals surface area contributed by atoms with E-state index in [9.17, 15) is 14.0 Å². The fourth-order valence-corrected chi connectivity index (χ4v) is 2.98. The van der Waals surface area contributed by atoms with Crippen molar-refractivity contribution in [1.29, 1.82) is 0 Å². The number of halogens is 1. The molecule has 8 nitrogen and oxygen atoms in total. The molecule has 0 amide bonds. The molecule has 9 heteroatoms. The topological polar surface area (TPSA) is 85.3 Å². The maximum Gasteiger partial charge on any atom is 0.332 e. The van der Waals surface area contributed by atoms with Crippen molar-refractivity contribution in [2.45, 2.75) is 6.54 Å². The van der Waals surface area contributed by atoms with Crippen molar-refractivity contribution in [2.24, 2.45) is 14.1 Å². The summed E-state index contributed by atoms with van der Waals surface area (Å²) in [6.45, 7) is 0.233. The van der Waals surface area contributed by atoms with Crippen LogP contribution in [0, 0.1) is 5.82 Å². The van der Waals surface area contributed by atoms with Crippen LogP contribution in [-0.4, -0.2) is 44.0 Å². The van der Waals surface area contributed by atoms with Crippen molar-refractivity contribution in [2.75, 3.05) is 25.1 Å². The Hall–Kier alpha value is -2.94. The highest BCUT2D eigenvalue weighted by molar-refractivity contribution is 5.74. The quantitative estimate of drug-likeness (QED) is 0.694. The van der Waals surface area contributed by atoms with Crippen LogP contribution >= 0.6 is 0 Å². The minimum Gasteiger partial charge on any atom is -0.395 e. The molecular formula is C17H20FN5O3. The summed E-state index contributed by atoms with van der Waals surface area (Å²) in [5, 5.41) is 9.12. The van der Waals surface area contributed by atoms with Gasteiger partial charge in [-0.3, -0.25) is 13.9 Å². The number of benzene rings is 1. The smallest absolute Gasteiger partial charge is 0.332 e. The second-order valence-corrected chi connectivity index (χ2v) is 6.15. The highest BCUT2D eigenvalue weighted by Gasteiger charge is 2.20. The van der Waals surface area contributed by atoms with Gasteiger partial charge in [-0.2, -0.15) is 4.98 Å². The van der Waals surface area contributed by atoms with E-state index >= 15 is 0 Å². The van der Waals surface area contributed by atoms with Crippen LogP contribution in [0.5, 0.6) is 0 Å². The first-order chi connectivity index (χ1) is 12.3. The molecule has 0 radical (unpaired) electrons. The number of anilines is 1. The van der Waals surface area contributed by atoms with E-state index < -0.39 is 17.1 Å². The number of aliphatic hydroxyl groups is 1. The predicted octanol–water partition coefficient (Wildman–Crippen LogP) is 0.0496. The average Bonchev–Trinajstić information content (AvgIpc) is 2.95. The molecule has 1 aromatic carbocycles. The summed E-state index contributed by atoms with van der Waals surface area (Å²) in [7, 11) is 4.95. The molecule has 0 saturated carbocycles. The molecule has 0 saturated heterocycles. The SMILES string of the molecule is CN(CCO)c1nc2c(c(=O)n(Cc3cccc(F)c3)c(=O)n2C)n1C. The lowest BCUT2D eigenvalue weighted by Gasteiger charge is -2.16. The minimum absolute atomic E-state index is 0.0355. The molecule has 0 aliphatic carbocycles. The van der Waals surface area contributed by atoms with Gasteiger partial charge in [-0.15, -0.1) is 0 Å². The highest BCUT2D eigenvalue weighted by Crippen LogP contribution is 2.16. The molecule has 2 heterocycles. The maximum atomic E-state index is 13.4. The van der Waals surface area contributed by atoms with Gasteiger partial charge < -0.3 is 14.6 Å². The van der Waals surface area contributed by atoms with E-state index in [1.54, 1.807) is 29.6 Å². The van der Waals surface area contributed by atoms with Crippen LogP contribution in [-0.2, 0) is 20.6 Å². The molecule has 0 aliphatic rings. The number of rotatable bonds is 5. The highest BCUT2D eigenvalue weighted by atomic mass is 19.1. The van der Waals surface area contributed by atoms with Crippen molar-refractivity contribution in [3.63, 3.8) is 0 Å². The molecule has 26 heavy (non-hydrogen) atoms. The monoisotopic (exact) mass is 361 g/mol. The van der Waals surface area contributed by atoms with Crippen molar-refractivity contribution in [1.82, 2.24) is 18.7 Å². The Kier molecular flexibility index (Phi) is 4.64. The molecule has 0 spiro atoms. The molecule has 0 fully saturated rings. The van der Waals surface area contributed by atoms with Gasteiger partial charge in [0.2, 0.25) is 5.95 Å². The van der Waals surface area contributed by atoms with Crippen LogP contribution in [0.25, 0.3) is 11.2 Å². The summed E-state index contributed by atoms with van der Waals surface area (Å²) in [5.41, 5.74) is 0.0247. The van der Waals surface area contributed by atoms with Gasteiger partial charge in [0.05, 0.1) is 13.2 Å². The number of nitrogens with zero attached hydrogens (tertiary/aromatic N) is 5. The normalized spacial score (nSPS) is 11.3. The van der Waals surface area contributed by atoms with Crippen LogP contribution in [0.4, 0.5) is 10.3 Å². The Bertz CT molecular complexity index is 1080. The third-order valence-electron chi connectivity index (χ3n) is 4.34. The molecule has 0 unspecified atom stereocenters. The number of aromatic nitrogens is 4. The summed E-state index contributed by atoms with van der Waals surface area (Å²) >= 11 is 0. The van der Waals surface area contributed by atoms with Crippen LogP contribution < -0.4 is 16.1 Å². The Morgan fingerprint density at radius 3 is 2.62 bits per heavy atom. The number of hydrogen-bond acceptors (Lipinski definition) is 5. The molecule has 2 aromatic heterocycles. The largest absolute Gasteiger partial charge is 0.395 e. The number of aryl methyl sites for hydroxylation is 2. The summed E-state index contributed by atoms with van der Waals surface area (Å²) in [4.78, 5) is 31.6. The molecule has 0 atom stereocenters. The summed E-state index contributed by atoms with van der Waals surface area (Å²) in [5.74, 6) is 0.0338. The van der Waals surface area contributed by atoms with Crippen molar-refractivity contribution in [3.8, 4) is 0 Å². The first kappa shape index (κ1) is 17.9. The van der Waals surface area contributed by atoms with Gasteiger partial charge in [-0.25, -0.2) is 9.18 Å². The zero-order valence-electron chi connectivity index (χ0n) is 14.8. The molecule has 3 rings (SSSR count). The molecule has 1 N–H and O–H groups in total. The number of hydrogen-bond donors (Lipinski definition) is 1. The zero-order chi connectivity index (χ0) is 19.0. The predicted molar refractivity (Wildman–Crippen MR) is 96.1 cm³/mol. The van der Waals surface area contributed by atoms with Gasteiger partial charge in [-0.1, -0.05) is 12.1 Å². The second-order valence-electron chi connectivity index (χ2n) is 6.15. The molecule has 0 bridgehead atoms. The van der Waals surface area contributed by atoms with Crippen LogP contribution in [0.1, 0.15) is 5.56 Å². The number of fused-ring (bicyclic) bond motifs is 1. The van der Waals surface area contributed by atoms with E-state index in [4.69, 9.17) is 5.11 Å². The third kappa shape index (κ3) is 2.90. The van der Waals surface area contributed by atoms with E-state index in [2.05, 4.69) is 4.98 Å². The number of aliphatic hydroxyl groups excluding tert-OH is 1. The zero-order valence-corrected chi connectivity index (χ0v) is 14.8. The lowest BCUT2D eigenvalue weighted by atomic mass is 10.2. The van der Waals surface area contributed by atoms with Crippen LogP contribution in [0.2, 0.25) is 0 Å². The van der Waals surface area contributed by atoms with E-state index in [1.807, 2.05) is 0 Å². The fraction of sp³-hybridized carbons (Fsp3) is 0.353. The molecule has 138 valence electrons. The Labute approximate surface area is 148 Å². The van der Waals surface area contributed by atoms with Gasteiger partial charge >= 0.3 is 5.69 Å². The maximum absolute atomic E-state index is 13.4. The molecule has 3 aromatic rings. The molecular weight excluding hydrogens is 341 g/mol. The third-order valence-corrected chi connectivity index (χ3v) is 4.34. The summed E-state index contributed by atoms with van der Waals surface area (Å²) in [6.07, 6.45) is 0. The van der Waals surface area contributed by atoms with Crippen molar-refractivity contribution in [3.05, 3.63) is 56.5 Å². The van der Waals surface area contributed by atoms with Crippen LogP contribution in [0.15, 0.2) is 33.9 Å². The standard InChI is InChI=1S/C17H20FN5O3/c1-20(7-8-24)16-19-14-13(21(16)2)15(25)23(17(26)22(14)3)10-11-5-4-6-12(18)9-11/h4-6,9,24H,7-8,10H2,1-3H3. The summed E-state index contributed by atoms with van der Waals surface area (Å²) < 4.78 is 17.4. The Morgan fingerprint density at radius 1 is 1.23 bits per heavy atom. The van der Waals surface area contributed by atoms with E-state index in [1.165, 1.54) is 29.8 Å². The Morgan fingerprint density at radius 2 is 1.96 bits per heavy atom. The lowest BCUT2D eigenvalue weighted by Crippen LogP contribution is -2.39. The fourth-order valence-electron chi connectivity index (χ4n) is 2.98. The lowest BCUT2D eigenvalue weighted by molar-refractivity contribution is 0.303. The molecule has 0 aliphatic heterocycles. The van der Waals surface area contributed by atoms with Gasteiger partial charge in [0, 0.05) is 27.7 Å². The first-order valence-electron chi connectivity index (χ1n) is 8.07. The van der Waals surface area contributed by atoms with Crippen molar-refractivity contribution >= 4 is 17.1 Å². The van der Waals surface area contributed by atoms with Crippen LogP contribution in [0.3, 0.4) is 0 Å². The second kappa shape index (κ2) is 6.75. The number of imidazole rings is 1.